The van der Waals surface area contributed by atoms with E-state index in [1.165, 1.54) is 4.90 Å². The molecule has 0 radical (unpaired) electrons. The average molecular weight is 310 g/mol. The van der Waals surface area contributed by atoms with Crippen molar-refractivity contribution in [3.63, 3.8) is 0 Å². The van der Waals surface area contributed by atoms with Gasteiger partial charge in [0, 0.05) is 25.1 Å². The minimum atomic E-state index is -0.573. The van der Waals surface area contributed by atoms with Gasteiger partial charge >= 0.3 is 6.09 Å². The first-order valence-corrected chi connectivity index (χ1v) is 7.27. The minimum Gasteiger partial charge on any atom is -0.444 e. The first-order chi connectivity index (χ1) is 10.2. The van der Waals surface area contributed by atoms with E-state index in [4.69, 9.17) is 4.74 Å². The number of nitrogens with zero attached hydrogens (tertiary/aromatic N) is 3. The summed E-state index contributed by atoms with van der Waals surface area (Å²) in [5.41, 5.74) is 1.02. The summed E-state index contributed by atoms with van der Waals surface area (Å²) in [7, 11) is 0. The second-order valence-corrected chi connectivity index (χ2v) is 6.20. The topological polar surface area (TPSA) is 98.8 Å². The van der Waals surface area contributed by atoms with Crippen LogP contribution in [-0.4, -0.2) is 56.1 Å². The van der Waals surface area contributed by atoms with E-state index >= 15 is 0 Å². The Morgan fingerprint density at radius 3 is 2.73 bits per heavy atom. The number of rotatable bonds is 2. The number of fused-ring (bicyclic) bond motifs is 1. The number of H-pyrrole nitrogens is 1. The molecule has 1 aliphatic heterocycles. The fraction of sp³-hybridized carbons (Fsp3) is 0.643. The Bertz CT molecular complexity index is 576. The van der Waals surface area contributed by atoms with Crippen LogP contribution in [0.3, 0.4) is 0 Å². The first-order valence-electron chi connectivity index (χ1n) is 7.27. The van der Waals surface area contributed by atoms with E-state index in [-0.39, 0.29) is 18.8 Å². The van der Waals surface area contributed by atoms with Crippen molar-refractivity contribution in [2.75, 3.05) is 13.1 Å². The van der Waals surface area contributed by atoms with Crippen LogP contribution in [0.4, 0.5) is 4.79 Å². The Morgan fingerprint density at radius 1 is 1.45 bits per heavy atom. The average Bonchev–Trinajstić information content (AvgIpc) is 2.86. The Hall–Kier alpha value is -2.09. The summed E-state index contributed by atoms with van der Waals surface area (Å²) in [4.78, 5) is 25.8. The molecule has 1 aromatic heterocycles. The Kier molecular flexibility index (Phi) is 4.41. The monoisotopic (exact) mass is 310 g/mol. The highest BCUT2D eigenvalue weighted by Gasteiger charge is 2.31. The third-order valence-electron chi connectivity index (χ3n) is 3.32. The summed E-state index contributed by atoms with van der Waals surface area (Å²) in [6.45, 7) is 7.96. The number of carbonyl (C=O) groups excluding carboxylic acids is 2. The molecule has 8 heteroatoms. The predicted molar refractivity (Wildman–Crippen MR) is 77.4 cm³/mol. The van der Waals surface area contributed by atoms with Crippen molar-refractivity contribution in [3.05, 3.63) is 17.0 Å². The van der Waals surface area contributed by atoms with Crippen molar-refractivity contribution in [1.29, 1.82) is 0 Å². The number of hydrogen-bond donors (Lipinski definition) is 2. The predicted octanol–water partition coefficient (Wildman–Crippen LogP) is 1.55. The molecule has 0 fully saturated rings. The van der Waals surface area contributed by atoms with Crippen LogP contribution in [0.2, 0.25) is 0 Å². The van der Waals surface area contributed by atoms with Gasteiger partial charge in [-0.25, -0.2) is 9.86 Å². The zero-order chi connectivity index (χ0) is 16.5. The molecule has 0 saturated carbocycles. The van der Waals surface area contributed by atoms with Gasteiger partial charge in [-0.05, 0) is 27.7 Å². The largest absolute Gasteiger partial charge is 0.444 e. The van der Waals surface area contributed by atoms with Crippen LogP contribution in [0.5, 0.6) is 0 Å². The highest BCUT2D eigenvalue weighted by molar-refractivity contribution is 5.93. The molecule has 0 atom stereocenters. The van der Waals surface area contributed by atoms with Crippen molar-refractivity contribution in [3.8, 4) is 0 Å². The molecular formula is C14H22N4O4. The third kappa shape index (κ3) is 3.38. The maximum atomic E-state index is 12.1. The summed E-state index contributed by atoms with van der Waals surface area (Å²) < 4.78 is 5.35. The number of amides is 2. The van der Waals surface area contributed by atoms with E-state index in [1.807, 2.05) is 0 Å². The normalized spacial score (nSPS) is 14.5. The molecule has 2 N–H and O–H groups in total. The molecule has 2 amide bonds. The molecule has 122 valence electrons. The molecule has 0 saturated heterocycles. The molecule has 2 heterocycles. The Morgan fingerprint density at radius 2 is 2.14 bits per heavy atom. The molecule has 0 aliphatic carbocycles. The lowest BCUT2D eigenvalue weighted by Crippen LogP contribution is -2.40. The molecule has 0 unspecified atom stereocenters. The fourth-order valence-corrected chi connectivity index (χ4v) is 2.22. The molecule has 0 spiro atoms. The van der Waals surface area contributed by atoms with Crippen molar-refractivity contribution in [2.24, 2.45) is 0 Å². The van der Waals surface area contributed by atoms with Crippen LogP contribution in [0, 0.1) is 0 Å². The quantitative estimate of drug-likeness (QED) is 0.638. The van der Waals surface area contributed by atoms with Gasteiger partial charge in [-0.15, -0.1) is 0 Å². The highest BCUT2D eigenvalue weighted by atomic mass is 16.6. The first kappa shape index (κ1) is 16.3. The molecule has 2 rings (SSSR count). The molecule has 22 heavy (non-hydrogen) atoms. The van der Waals surface area contributed by atoms with Crippen molar-refractivity contribution in [1.82, 2.24) is 20.2 Å². The van der Waals surface area contributed by atoms with E-state index in [0.717, 1.165) is 5.69 Å². The summed E-state index contributed by atoms with van der Waals surface area (Å²) in [6.07, 6.45) is 0.115. The van der Waals surface area contributed by atoms with Crippen molar-refractivity contribution in [2.45, 2.75) is 46.3 Å². The summed E-state index contributed by atoms with van der Waals surface area (Å²) in [5.74, 6) is -0.553. The van der Waals surface area contributed by atoms with Gasteiger partial charge < -0.3 is 9.64 Å². The number of aromatic nitrogens is 2. The van der Waals surface area contributed by atoms with Crippen LogP contribution in [0.15, 0.2) is 0 Å². The van der Waals surface area contributed by atoms with Crippen LogP contribution >= 0.6 is 0 Å². The third-order valence-corrected chi connectivity index (χ3v) is 3.32. The van der Waals surface area contributed by atoms with Gasteiger partial charge in [0.2, 0.25) is 0 Å². The van der Waals surface area contributed by atoms with E-state index in [2.05, 4.69) is 10.2 Å². The number of hydroxylamine groups is 2. The van der Waals surface area contributed by atoms with Crippen LogP contribution in [0.1, 0.15) is 49.4 Å². The summed E-state index contributed by atoms with van der Waals surface area (Å²) in [6, 6.07) is 0. The number of ether oxygens (including phenoxy) is 1. The lowest BCUT2D eigenvalue weighted by molar-refractivity contribution is -0.0547. The molecular weight excluding hydrogens is 288 g/mol. The van der Waals surface area contributed by atoms with Gasteiger partial charge in [0.15, 0.2) is 0 Å². The van der Waals surface area contributed by atoms with E-state index in [1.54, 1.807) is 27.7 Å². The number of carbonyl (C=O) groups is 2. The summed E-state index contributed by atoms with van der Waals surface area (Å²) in [5, 5.41) is 16.9. The molecule has 0 aromatic carbocycles. The maximum absolute atomic E-state index is 12.1. The van der Waals surface area contributed by atoms with Crippen LogP contribution in [-0.2, 0) is 17.7 Å². The van der Waals surface area contributed by atoms with Gasteiger partial charge in [0.25, 0.3) is 5.91 Å². The van der Waals surface area contributed by atoms with Crippen LogP contribution < -0.4 is 0 Å². The van der Waals surface area contributed by atoms with E-state index in [0.29, 0.717) is 23.6 Å². The van der Waals surface area contributed by atoms with Crippen LogP contribution in [0.25, 0.3) is 0 Å². The SMILES string of the molecule is CCN(O)C(=O)c1[nH]nc2c1CN(C(=O)OC(C)(C)C)CC2. The second-order valence-electron chi connectivity index (χ2n) is 6.20. The van der Waals surface area contributed by atoms with Crippen molar-refractivity contribution >= 4 is 12.0 Å². The zero-order valence-corrected chi connectivity index (χ0v) is 13.3. The smallest absolute Gasteiger partial charge is 0.410 e. The highest BCUT2D eigenvalue weighted by Crippen LogP contribution is 2.23. The maximum Gasteiger partial charge on any atom is 0.410 e. The minimum absolute atomic E-state index is 0.169. The van der Waals surface area contributed by atoms with Crippen molar-refractivity contribution < 1.29 is 19.5 Å². The standard InChI is InChI=1S/C14H22N4O4/c1-5-18(21)12(19)11-9-8-17(7-6-10(9)15-16-11)13(20)22-14(2,3)4/h21H,5-8H2,1-4H3,(H,15,16). The number of hydrogen-bond acceptors (Lipinski definition) is 5. The van der Waals surface area contributed by atoms with Gasteiger partial charge in [-0.1, -0.05) is 0 Å². The van der Waals surface area contributed by atoms with Gasteiger partial charge in [0.1, 0.15) is 11.3 Å². The lowest BCUT2D eigenvalue weighted by atomic mass is 10.1. The molecule has 1 aliphatic rings. The fourth-order valence-electron chi connectivity index (χ4n) is 2.22. The molecule has 0 bridgehead atoms. The van der Waals surface area contributed by atoms with E-state index < -0.39 is 17.6 Å². The second kappa shape index (κ2) is 5.96. The Labute approximate surface area is 129 Å². The van der Waals surface area contributed by atoms with Gasteiger partial charge in [0.05, 0.1) is 12.2 Å². The Balaban J connectivity index is 2.17. The number of aromatic amines is 1. The number of nitrogens with one attached hydrogen (secondary N) is 1. The molecule has 1 aromatic rings. The zero-order valence-electron chi connectivity index (χ0n) is 13.3. The van der Waals surface area contributed by atoms with Gasteiger partial charge in [-0.3, -0.25) is 15.1 Å². The lowest BCUT2D eigenvalue weighted by Gasteiger charge is -2.30. The molecule has 8 nitrogen and oxygen atoms in total. The van der Waals surface area contributed by atoms with Gasteiger partial charge in [-0.2, -0.15) is 5.10 Å². The van der Waals surface area contributed by atoms with E-state index in [9.17, 15) is 14.8 Å². The summed E-state index contributed by atoms with van der Waals surface area (Å²) >= 11 is 0.